The fourth-order valence-corrected chi connectivity index (χ4v) is 2.99. The van der Waals surface area contributed by atoms with Gasteiger partial charge in [-0.2, -0.15) is 10.2 Å². The molecule has 0 saturated heterocycles. The van der Waals surface area contributed by atoms with Crippen LogP contribution < -0.4 is 10.1 Å². The molecule has 0 aliphatic heterocycles. The smallest absolute Gasteiger partial charge is 0.277 e. The lowest BCUT2D eigenvalue weighted by Crippen LogP contribution is -2.15. The average molecular weight is 470 g/mol. The van der Waals surface area contributed by atoms with Gasteiger partial charge in [0.1, 0.15) is 11.6 Å². The highest BCUT2D eigenvalue weighted by Gasteiger charge is 2.12. The third-order valence-corrected chi connectivity index (χ3v) is 4.75. The minimum absolute atomic E-state index is 0.173. The number of anilines is 1. The Hall–Kier alpha value is -3.46. The van der Waals surface area contributed by atoms with Crippen molar-refractivity contribution in [1.82, 2.24) is 19.6 Å². The summed E-state index contributed by atoms with van der Waals surface area (Å²) in [5, 5.41) is 11.2. The van der Waals surface area contributed by atoms with Crippen LogP contribution in [0.1, 0.15) is 16.1 Å². The molecule has 0 atom stereocenters. The fourth-order valence-electron chi connectivity index (χ4n) is 2.72. The maximum absolute atomic E-state index is 13.8. The first-order valence-electron chi connectivity index (χ1n) is 9.07. The van der Waals surface area contributed by atoms with Crippen LogP contribution in [0.15, 0.2) is 77.5 Å². The summed E-state index contributed by atoms with van der Waals surface area (Å²) in [6.07, 6.45) is 3.33. The lowest BCUT2D eigenvalue weighted by atomic mass is 10.2. The summed E-state index contributed by atoms with van der Waals surface area (Å²) in [5.74, 6) is 0.361. The highest BCUT2D eigenvalue weighted by Crippen LogP contribution is 2.16. The van der Waals surface area contributed by atoms with E-state index in [-0.39, 0.29) is 24.8 Å². The van der Waals surface area contributed by atoms with Crippen molar-refractivity contribution in [2.24, 2.45) is 0 Å². The number of hydrogen-bond donors (Lipinski definition) is 1. The standard InChI is InChI=1S/C21H17BrFN5O2/c22-16-5-7-17(8-6-16)30-14-28-11-9-19(25-28)21(29)24-20-10-12-27(26-20)13-15-3-1-2-4-18(15)23/h1-12H,13-14H2,(H,24,26,29). The van der Waals surface area contributed by atoms with Gasteiger partial charge in [0.2, 0.25) is 0 Å². The number of halogens is 2. The monoisotopic (exact) mass is 469 g/mol. The zero-order valence-corrected chi connectivity index (χ0v) is 17.3. The van der Waals surface area contributed by atoms with Crippen molar-refractivity contribution in [3.8, 4) is 5.75 Å². The summed E-state index contributed by atoms with van der Waals surface area (Å²) in [7, 11) is 0. The topological polar surface area (TPSA) is 74.0 Å². The molecule has 152 valence electrons. The van der Waals surface area contributed by atoms with E-state index in [1.165, 1.54) is 10.7 Å². The van der Waals surface area contributed by atoms with Gasteiger partial charge < -0.3 is 10.1 Å². The van der Waals surface area contributed by atoms with Crippen LogP contribution in [0.2, 0.25) is 0 Å². The summed E-state index contributed by atoms with van der Waals surface area (Å²) in [6.45, 7) is 0.441. The number of carbonyl (C=O) groups is 1. The van der Waals surface area contributed by atoms with Gasteiger partial charge in [-0.1, -0.05) is 34.1 Å². The van der Waals surface area contributed by atoms with Crippen LogP contribution in [-0.4, -0.2) is 25.5 Å². The van der Waals surface area contributed by atoms with E-state index in [0.29, 0.717) is 17.1 Å². The lowest BCUT2D eigenvalue weighted by molar-refractivity contribution is 0.101. The number of ether oxygens (including phenoxy) is 1. The number of nitrogens with one attached hydrogen (secondary N) is 1. The Morgan fingerprint density at radius 1 is 1.00 bits per heavy atom. The van der Waals surface area contributed by atoms with Crippen LogP contribution in [0, 0.1) is 5.82 Å². The van der Waals surface area contributed by atoms with Crippen LogP contribution in [0.4, 0.5) is 10.2 Å². The van der Waals surface area contributed by atoms with E-state index < -0.39 is 5.91 Å². The number of aromatic nitrogens is 4. The van der Waals surface area contributed by atoms with E-state index >= 15 is 0 Å². The second-order valence-corrected chi connectivity index (χ2v) is 7.33. The van der Waals surface area contributed by atoms with Gasteiger partial charge in [-0.25, -0.2) is 9.07 Å². The molecule has 4 rings (SSSR count). The van der Waals surface area contributed by atoms with Crippen LogP contribution in [0.3, 0.4) is 0 Å². The second kappa shape index (κ2) is 8.91. The molecule has 2 heterocycles. The number of amides is 1. The maximum Gasteiger partial charge on any atom is 0.277 e. The number of benzene rings is 2. The largest absolute Gasteiger partial charge is 0.471 e. The van der Waals surface area contributed by atoms with Gasteiger partial charge in [0, 0.05) is 28.5 Å². The van der Waals surface area contributed by atoms with E-state index in [4.69, 9.17) is 4.74 Å². The predicted molar refractivity (Wildman–Crippen MR) is 113 cm³/mol. The second-order valence-electron chi connectivity index (χ2n) is 6.41. The van der Waals surface area contributed by atoms with Crippen molar-refractivity contribution < 1.29 is 13.9 Å². The van der Waals surface area contributed by atoms with Gasteiger partial charge in [0.05, 0.1) is 6.54 Å². The van der Waals surface area contributed by atoms with E-state index in [2.05, 4.69) is 31.4 Å². The van der Waals surface area contributed by atoms with Crippen molar-refractivity contribution in [3.05, 3.63) is 94.6 Å². The Labute approximate surface area is 180 Å². The van der Waals surface area contributed by atoms with E-state index in [1.54, 1.807) is 47.4 Å². The Balaban J connectivity index is 1.34. The van der Waals surface area contributed by atoms with Gasteiger partial charge in [0.15, 0.2) is 18.2 Å². The molecule has 0 aliphatic rings. The van der Waals surface area contributed by atoms with Gasteiger partial charge in [-0.3, -0.25) is 9.48 Å². The number of hydrogen-bond acceptors (Lipinski definition) is 4. The summed E-state index contributed by atoms with van der Waals surface area (Å²) in [6, 6.07) is 17.2. The predicted octanol–water partition coefficient (Wildman–Crippen LogP) is 4.32. The van der Waals surface area contributed by atoms with Crippen LogP contribution in [0.25, 0.3) is 0 Å². The van der Waals surface area contributed by atoms with Crippen molar-refractivity contribution in [2.75, 3.05) is 5.32 Å². The first-order chi connectivity index (χ1) is 14.6. The molecule has 4 aromatic rings. The van der Waals surface area contributed by atoms with Crippen LogP contribution in [-0.2, 0) is 13.3 Å². The molecule has 0 bridgehead atoms. The van der Waals surface area contributed by atoms with Gasteiger partial charge in [-0.15, -0.1) is 0 Å². The van der Waals surface area contributed by atoms with Crippen molar-refractivity contribution in [3.63, 3.8) is 0 Å². The molecule has 1 N–H and O–H groups in total. The highest BCUT2D eigenvalue weighted by atomic mass is 79.9. The van der Waals surface area contributed by atoms with Crippen LogP contribution in [0.5, 0.6) is 5.75 Å². The minimum Gasteiger partial charge on any atom is -0.471 e. The summed E-state index contributed by atoms with van der Waals surface area (Å²) < 4.78 is 23.4. The van der Waals surface area contributed by atoms with Crippen molar-refractivity contribution in [2.45, 2.75) is 13.3 Å². The maximum atomic E-state index is 13.8. The third-order valence-electron chi connectivity index (χ3n) is 4.22. The summed E-state index contributed by atoms with van der Waals surface area (Å²) >= 11 is 3.37. The average Bonchev–Trinajstić information content (AvgIpc) is 3.39. The van der Waals surface area contributed by atoms with E-state index in [0.717, 1.165) is 4.47 Å². The van der Waals surface area contributed by atoms with Crippen LogP contribution >= 0.6 is 15.9 Å². The number of rotatable bonds is 7. The normalized spacial score (nSPS) is 10.7. The first kappa shape index (κ1) is 19.8. The zero-order valence-electron chi connectivity index (χ0n) is 15.7. The van der Waals surface area contributed by atoms with Crippen molar-refractivity contribution in [1.29, 1.82) is 0 Å². The van der Waals surface area contributed by atoms with Crippen molar-refractivity contribution >= 4 is 27.7 Å². The third kappa shape index (κ3) is 4.93. The quantitative estimate of drug-likeness (QED) is 0.437. The Morgan fingerprint density at radius 2 is 1.77 bits per heavy atom. The molecule has 0 saturated carbocycles. The molecule has 9 heteroatoms. The van der Waals surface area contributed by atoms with Gasteiger partial charge in [0.25, 0.3) is 5.91 Å². The molecule has 2 aromatic carbocycles. The zero-order chi connectivity index (χ0) is 20.9. The SMILES string of the molecule is O=C(Nc1ccn(Cc2ccccc2F)n1)c1ccn(COc2ccc(Br)cc2)n1. The van der Waals surface area contributed by atoms with E-state index in [1.807, 2.05) is 24.3 Å². The molecule has 7 nitrogen and oxygen atoms in total. The molecular formula is C21H17BrFN5O2. The lowest BCUT2D eigenvalue weighted by Gasteiger charge is -2.06. The molecule has 1 amide bonds. The Kier molecular flexibility index (Phi) is 5.89. The molecule has 30 heavy (non-hydrogen) atoms. The molecule has 0 aliphatic carbocycles. The van der Waals surface area contributed by atoms with Gasteiger partial charge >= 0.3 is 0 Å². The minimum atomic E-state index is -0.395. The summed E-state index contributed by atoms with van der Waals surface area (Å²) in [5.41, 5.74) is 0.751. The highest BCUT2D eigenvalue weighted by molar-refractivity contribution is 9.10. The number of nitrogens with zero attached hydrogens (tertiary/aromatic N) is 4. The summed E-state index contributed by atoms with van der Waals surface area (Å²) in [4.78, 5) is 12.4. The molecule has 2 aromatic heterocycles. The molecule has 0 spiro atoms. The fraction of sp³-hybridized carbons (Fsp3) is 0.0952. The molecular weight excluding hydrogens is 453 g/mol. The Bertz CT molecular complexity index is 1160. The van der Waals surface area contributed by atoms with Gasteiger partial charge in [-0.05, 0) is 36.4 Å². The molecule has 0 fully saturated rings. The molecule has 0 unspecified atom stereocenters. The molecule has 0 radical (unpaired) electrons. The number of carbonyl (C=O) groups excluding carboxylic acids is 1. The van der Waals surface area contributed by atoms with E-state index in [9.17, 15) is 9.18 Å². The Morgan fingerprint density at radius 3 is 2.57 bits per heavy atom. The first-order valence-corrected chi connectivity index (χ1v) is 9.86.